The highest BCUT2D eigenvalue weighted by Crippen LogP contribution is 2.15. The first-order chi connectivity index (χ1) is 8.28. The van der Waals surface area contributed by atoms with Crippen molar-refractivity contribution >= 4 is 6.09 Å². The van der Waals surface area contributed by atoms with Crippen LogP contribution in [0.5, 0.6) is 0 Å². The quantitative estimate of drug-likeness (QED) is 0.826. The fourth-order valence-electron chi connectivity index (χ4n) is 2.24. The van der Waals surface area contributed by atoms with Crippen molar-refractivity contribution in [2.75, 3.05) is 13.1 Å². The van der Waals surface area contributed by atoms with E-state index in [9.17, 15) is 4.79 Å². The number of nitrogens with one attached hydrogen (secondary N) is 1. The first kappa shape index (κ1) is 15.3. The predicted octanol–water partition coefficient (Wildman–Crippen LogP) is 2.77. The molecule has 0 aromatic rings. The Kier molecular flexibility index (Phi) is 5.45. The van der Waals surface area contributed by atoms with E-state index in [4.69, 9.17) is 4.74 Å². The molecule has 1 rings (SSSR count). The summed E-state index contributed by atoms with van der Waals surface area (Å²) >= 11 is 0. The second kappa shape index (κ2) is 6.41. The van der Waals surface area contributed by atoms with Crippen molar-refractivity contribution in [3.63, 3.8) is 0 Å². The van der Waals surface area contributed by atoms with E-state index in [2.05, 4.69) is 19.2 Å². The van der Waals surface area contributed by atoms with Gasteiger partial charge in [-0.3, -0.25) is 0 Å². The number of ether oxygens (including phenoxy) is 1. The minimum atomic E-state index is -0.412. The van der Waals surface area contributed by atoms with Crippen LogP contribution in [0.3, 0.4) is 0 Å². The Labute approximate surface area is 111 Å². The van der Waals surface area contributed by atoms with Gasteiger partial charge in [0.2, 0.25) is 0 Å². The van der Waals surface area contributed by atoms with Crippen molar-refractivity contribution in [1.29, 1.82) is 0 Å². The van der Waals surface area contributed by atoms with Crippen LogP contribution in [0, 0.1) is 0 Å². The van der Waals surface area contributed by atoms with E-state index in [-0.39, 0.29) is 6.09 Å². The Morgan fingerprint density at radius 1 is 1.33 bits per heavy atom. The molecule has 106 valence electrons. The molecule has 0 aromatic heterocycles. The molecule has 1 aliphatic heterocycles. The normalized spacial score (nSPS) is 21.9. The SMILES string of the molecule is CC(C)NC1CCCCN(C(=O)OC(C)(C)C)C1. The van der Waals surface area contributed by atoms with Crippen LogP contribution in [0.15, 0.2) is 0 Å². The van der Waals surface area contributed by atoms with Crippen molar-refractivity contribution in [2.45, 2.75) is 71.6 Å². The number of hydrogen-bond donors (Lipinski definition) is 1. The topological polar surface area (TPSA) is 41.6 Å². The van der Waals surface area contributed by atoms with Gasteiger partial charge in [-0.1, -0.05) is 20.3 Å². The van der Waals surface area contributed by atoms with Crippen LogP contribution in [-0.2, 0) is 4.74 Å². The molecule has 0 saturated carbocycles. The van der Waals surface area contributed by atoms with E-state index in [0.717, 1.165) is 25.9 Å². The predicted molar refractivity (Wildman–Crippen MR) is 73.7 cm³/mol. The Morgan fingerprint density at radius 3 is 2.56 bits per heavy atom. The second-order valence-electron chi connectivity index (χ2n) is 6.44. The molecule has 4 heteroatoms. The van der Waals surface area contributed by atoms with Crippen LogP contribution >= 0.6 is 0 Å². The fourth-order valence-corrected chi connectivity index (χ4v) is 2.24. The molecule has 1 N–H and O–H groups in total. The molecular formula is C14H28N2O2. The van der Waals surface area contributed by atoms with Gasteiger partial charge in [-0.2, -0.15) is 0 Å². The fraction of sp³-hybridized carbons (Fsp3) is 0.929. The molecule has 0 radical (unpaired) electrons. The zero-order chi connectivity index (χ0) is 13.8. The third-order valence-electron chi connectivity index (χ3n) is 2.89. The van der Waals surface area contributed by atoms with E-state index in [1.54, 1.807) is 0 Å². The third-order valence-corrected chi connectivity index (χ3v) is 2.89. The molecule has 4 nitrogen and oxygen atoms in total. The lowest BCUT2D eigenvalue weighted by molar-refractivity contribution is 0.0242. The molecule has 1 unspecified atom stereocenters. The minimum absolute atomic E-state index is 0.181. The average Bonchev–Trinajstić information content (AvgIpc) is 2.39. The molecule has 0 aliphatic carbocycles. The van der Waals surface area contributed by atoms with Crippen LogP contribution in [0.25, 0.3) is 0 Å². The maximum atomic E-state index is 12.1. The van der Waals surface area contributed by atoms with Gasteiger partial charge in [0.05, 0.1) is 0 Å². The van der Waals surface area contributed by atoms with Gasteiger partial charge in [-0.15, -0.1) is 0 Å². The van der Waals surface area contributed by atoms with E-state index in [1.807, 2.05) is 25.7 Å². The summed E-state index contributed by atoms with van der Waals surface area (Å²) in [6, 6.07) is 0.841. The highest BCUT2D eigenvalue weighted by Gasteiger charge is 2.26. The Hall–Kier alpha value is -0.770. The van der Waals surface area contributed by atoms with Crippen molar-refractivity contribution in [2.24, 2.45) is 0 Å². The van der Waals surface area contributed by atoms with Gasteiger partial charge in [0.15, 0.2) is 0 Å². The van der Waals surface area contributed by atoms with E-state index < -0.39 is 5.60 Å². The second-order valence-corrected chi connectivity index (χ2v) is 6.44. The molecule has 18 heavy (non-hydrogen) atoms. The number of nitrogens with zero attached hydrogens (tertiary/aromatic N) is 1. The Morgan fingerprint density at radius 2 is 2.00 bits per heavy atom. The highest BCUT2D eigenvalue weighted by molar-refractivity contribution is 5.68. The van der Waals surface area contributed by atoms with Gasteiger partial charge in [-0.05, 0) is 33.6 Å². The number of amides is 1. The van der Waals surface area contributed by atoms with E-state index in [0.29, 0.717) is 12.1 Å². The minimum Gasteiger partial charge on any atom is -0.444 e. The third kappa shape index (κ3) is 5.71. The molecule has 1 saturated heterocycles. The summed E-state index contributed by atoms with van der Waals surface area (Å²) in [7, 11) is 0. The molecule has 1 heterocycles. The maximum Gasteiger partial charge on any atom is 0.410 e. The maximum absolute atomic E-state index is 12.1. The van der Waals surface area contributed by atoms with Gasteiger partial charge >= 0.3 is 6.09 Å². The summed E-state index contributed by atoms with van der Waals surface area (Å²) in [6.45, 7) is 11.6. The van der Waals surface area contributed by atoms with Gasteiger partial charge in [0.25, 0.3) is 0 Å². The summed E-state index contributed by atoms with van der Waals surface area (Å²) in [5, 5.41) is 3.52. The summed E-state index contributed by atoms with van der Waals surface area (Å²) in [5.74, 6) is 0. The molecule has 0 bridgehead atoms. The summed E-state index contributed by atoms with van der Waals surface area (Å²) < 4.78 is 5.45. The monoisotopic (exact) mass is 256 g/mol. The van der Waals surface area contributed by atoms with Crippen LogP contribution < -0.4 is 5.32 Å². The Balaban J connectivity index is 2.55. The smallest absolute Gasteiger partial charge is 0.410 e. The average molecular weight is 256 g/mol. The van der Waals surface area contributed by atoms with Gasteiger partial charge < -0.3 is 15.0 Å². The van der Waals surface area contributed by atoms with Gasteiger partial charge in [0, 0.05) is 25.2 Å². The van der Waals surface area contributed by atoms with Gasteiger partial charge in [-0.25, -0.2) is 4.79 Å². The number of likely N-dealkylation sites (tertiary alicyclic amines) is 1. The lowest BCUT2D eigenvalue weighted by Gasteiger charge is -2.29. The molecule has 1 amide bonds. The Bertz CT molecular complexity index is 271. The van der Waals surface area contributed by atoms with Gasteiger partial charge in [0.1, 0.15) is 5.60 Å². The zero-order valence-corrected chi connectivity index (χ0v) is 12.5. The molecule has 0 spiro atoms. The zero-order valence-electron chi connectivity index (χ0n) is 12.5. The van der Waals surface area contributed by atoms with Crippen molar-refractivity contribution in [3.8, 4) is 0 Å². The highest BCUT2D eigenvalue weighted by atomic mass is 16.6. The summed E-state index contributed by atoms with van der Waals surface area (Å²) in [6.07, 6.45) is 3.19. The number of carbonyl (C=O) groups is 1. The summed E-state index contributed by atoms with van der Waals surface area (Å²) in [4.78, 5) is 13.9. The first-order valence-corrected chi connectivity index (χ1v) is 7.02. The van der Waals surface area contributed by atoms with Crippen molar-refractivity contribution in [1.82, 2.24) is 10.2 Å². The number of carbonyl (C=O) groups excluding carboxylic acids is 1. The van der Waals surface area contributed by atoms with Crippen LogP contribution in [0.2, 0.25) is 0 Å². The van der Waals surface area contributed by atoms with E-state index in [1.165, 1.54) is 6.42 Å². The molecule has 1 atom stereocenters. The lowest BCUT2D eigenvalue weighted by Crippen LogP contribution is -2.46. The van der Waals surface area contributed by atoms with Crippen LogP contribution in [0.4, 0.5) is 4.79 Å². The van der Waals surface area contributed by atoms with Crippen LogP contribution in [-0.4, -0.2) is 41.8 Å². The van der Waals surface area contributed by atoms with Crippen molar-refractivity contribution in [3.05, 3.63) is 0 Å². The lowest BCUT2D eigenvalue weighted by atomic mass is 10.1. The molecule has 1 fully saturated rings. The molecule has 0 aromatic carbocycles. The largest absolute Gasteiger partial charge is 0.444 e. The van der Waals surface area contributed by atoms with E-state index >= 15 is 0 Å². The molecular weight excluding hydrogens is 228 g/mol. The first-order valence-electron chi connectivity index (χ1n) is 7.02. The molecule has 1 aliphatic rings. The summed E-state index contributed by atoms with van der Waals surface area (Å²) in [5.41, 5.74) is -0.412. The number of hydrogen-bond acceptors (Lipinski definition) is 3. The standard InChI is InChI=1S/C14H28N2O2/c1-11(2)15-12-8-6-7-9-16(10-12)13(17)18-14(3,4)5/h11-12,15H,6-10H2,1-5H3. The van der Waals surface area contributed by atoms with Crippen LogP contribution in [0.1, 0.15) is 53.9 Å². The number of rotatable bonds is 2. The van der Waals surface area contributed by atoms with Crippen molar-refractivity contribution < 1.29 is 9.53 Å².